The average Bonchev–Trinajstić information content (AvgIpc) is 2.85. The summed E-state index contributed by atoms with van der Waals surface area (Å²) >= 11 is 1.82. The molecule has 0 aliphatic heterocycles. The van der Waals surface area contributed by atoms with Gasteiger partial charge in [0, 0.05) is 24.1 Å². The molecular weight excluding hydrogens is 244 g/mol. The van der Waals surface area contributed by atoms with Crippen LogP contribution in [0.5, 0.6) is 0 Å². The maximum absolute atomic E-state index is 5.59. The molecule has 1 heterocycles. The van der Waals surface area contributed by atoms with Crippen molar-refractivity contribution >= 4 is 11.3 Å². The smallest absolute Gasteiger partial charge is 0.0616 e. The Morgan fingerprint density at radius 3 is 2.72 bits per heavy atom. The molecule has 0 saturated heterocycles. The van der Waals surface area contributed by atoms with Gasteiger partial charge in [-0.15, -0.1) is 11.3 Å². The van der Waals surface area contributed by atoms with E-state index in [1.54, 1.807) is 7.11 Å². The zero-order chi connectivity index (χ0) is 13.4. The van der Waals surface area contributed by atoms with Crippen LogP contribution in [0.15, 0.2) is 17.5 Å². The maximum Gasteiger partial charge on any atom is 0.0616 e. The summed E-state index contributed by atoms with van der Waals surface area (Å²) in [5, 5.41) is 5.86. The summed E-state index contributed by atoms with van der Waals surface area (Å²) in [7, 11) is 1.76. The van der Waals surface area contributed by atoms with Crippen LogP contribution in [0.25, 0.3) is 0 Å². The van der Waals surface area contributed by atoms with Crippen LogP contribution in [-0.2, 0) is 4.74 Å². The normalized spacial score (nSPS) is 14.9. The monoisotopic (exact) mass is 270 g/mol. The second-order valence-electron chi connectivity index (χ2n) is 4.99. The van der Waals surface area contributed by atoms with Gasteiger partial charge in [-0.2, -0.15) is 0 Å². The third kappa shape index (κ3) is 5.06. The van der Waals surface area contributed by atoms with Gasteiger partial charge in [0.25, 0.3) is 0 Å². The Labute approximate surface area is 115 Å². The summed E-state index contributed by atoms with van der Waals surface area (Å²) in [6, 6.07) is 5.10. The SMILES string of the molecule is COCC(CCCN)NC(c1cccs1)C(C)C. The number of hydrogen-bond acceptors (Lipinski definition) is 4. The minimum absolute atomic E-state index is 0.382. The third-order valence-electron chi connectivity index (χ3n) is 3.06. The third-order valence-corrected chi connectivity index (χ3v) is 4.01. The summed E-state index contributed by atoms with van der Waals surface area (Å²) in [6.45, 7) is 6.00. The second-order valence-corrected chi connectivity index (χ2v) is 5.97. The second kappa shape index (κ2) is 8.64. The number of ether oxygens (including phenoxy) is 1. The summed E-state index contributed by atoms with van der Waals surface area (Å²) in [5.74, 6) is 0.570. The van der Waals surface area contributed by atoms with E-state index in [1.165, 1.54) is 4.88 Å². The topological polar surface area (TPSA) is 47.3 Å². The van der Waals surface area contributed by atoms with Gasteiger partial charge in [-0.05, 0) is 36.8 Å². The van der Waals surface area contributed by atoms with Gasteiger partial charge in [0.1, 0.15) is 0 Å². The lowest BCUT2D eigenvalue weighted by Crippen LogP contribution is -2.38. The quantitative estimate of drug-likeness (QED) is 0.725. The predicted molar refractivity (Wildman–Crippen MR) is 79.0 cm³/mol. The summed E-state index contributed by atoms with van der Waals surface area (Å²) < 4.78 is 5.30. The highest BCUT2D eigenvalue weighted by molar-refractivity contribution is 7.10. The average molecular weight is 270 g/mol. The predicted octanol–water partition coefficient (Wildman–Crippen LogP) is 2.79. The van der Waals surface area contributed by atoms with Crippen molar-refractivity contribution < 1.29 is 4.74 Å². The van der Waals surface area contributed by atoms with Gasteiger partial charge >= 0.3 is 0 Å². The molecule has 2 unspecified atom stereocenters. The van der Waals surface area contributed by atoms with Crippen LogP contribution in [0.3, 0.4) is 0 Å². The molecule has 0 aromatic carbocycles. The molecule has 0 saturated carbocycles. The lowest BCUT2D eigenvalue weighted by atomic mass is 10.0. The van der Waals surface area contributed by atoms with Gasteiger partial charge < -0.3 is 15.8 Å². The Morgan fingerprint density at radius 2 is 2.22 bits per heavy atom. The molecule has 3 N–H and O–H groups in total. The Balaban J connectivity index is 2.62. The lowest BCUT2D eigenvalue weighted by molar-refractivity contribution is 0.151. The van der Waals surface area contributed by atoms with Gasteiger partial charge in [0.2, 0.25) is 0 Å². The first-order valence-corrected chi connectivity index (χ1v) is 7.55. The fourth-order valence-corrected chi connectivity index (χ4v) is 3.06. The largest absolute Gasteiger partial charge is 0.383 e. The first-order chi connectivity index (χ1) is 8.69. The van der Waals surface area contributed by atoms with E-state index < -0.39 is 0 Å². The fraction of sp³-hybridized carbons (Fsp3) is 0.714. The first-order valence-electron chi connectivity index (χ1n) is 6.67. The standard InChI is InChI=1S/C14H26N2OS/c1-11(2)14(13-7-5-9-18-13)16-12(10-17-3)6-4-8-15/h5,7,9,11-12,14,16H,4,6,8,10,15H2,1-3H3. The minimum atomic E-state index is 0.382. The van der Waals surface area contributed by atoms with E-state index >= 15 is 0 Å². The van der Waals surface area contributed by atoms with Crippen LogP contribution >= 0.6 is 11.3 Å². The molecule has 0 fully saturated rings. The van der Waals surface area contributed by atoms with Crippen LogP contribution in [0, 0.1) is 5.92 Å². The van der Waals surface area contributed by atoms with Gasteiger partial charge in [0.05, 0.1) is 6.61 Å². The highest BCUT2D eigenvalue weighted by Gasteiger charge is 2.20. The molecule has 1 aromatic heterocycles. The minimum Gasteiger partial charge on any atom is -0.383 e. The van der Waals surface area contributed by atoms with E-state index in [9.17, 15) is 0 Å². The van der Waals surface area contributed by atoms with Crippen LogP contribution in [0.4, 0.5) is 0 Å². The van der Waals surface area contributed by atoms with Gasteiger partial charge in [-0.3, -0.25) is 0 Å². The molecule has 3 nitrogen and oxygen atoms in total. The molecule has 2 atom stereocenters. The number of nitrogens with two attached hydrogens (primary N) is 1. The molecule has 4 heteroatoms. The number of rotatable bonds is 9. The summed E-state index contributed by atoms with van der Waals surface area (Å²) in [4.78, 5) is 1.40. The van der Waals surface area contributed by atoms with Gasteiger partial charge in [0.15, 0.2) is 0 Å². The van der Waals surface area contributed by atoms with Crippen LogP contribution in [0.2, 0.25) is 0 Å². The van der Waals surface area contributed by atoms with E-state index in [2.05, 4.69) is 36.7 Å². The van der Waals surface area contributed by atoms with E-state index in [4.69, 9.17) is 10.5 Å². The van der Waals surface area contributed by atoms with Crippen molar-refractivity contribution in [2.45, 2.75) is 38.8 Å². The van der Waals surface area contributed by atoms with Crippen molar-refractivity contribution in [2.24, 2.45) is 11.7 Å². The van der Waals surface area contributed by atoms with Gasteiger partial charge in [-0.25, -0.2) is 0 Å². The molecule has 0 aliphatic rings. The molecule has 1 rings (SSSR count). The Kier molecular flexibility index (Phi) is 7.51. The highest BCUT2D eigenvalue weighted by atomic mass is 32.1. The molecule has 0 radical (unpaired) electrons. The first kappa shape index (κ1) is 15.6. The Morgan fingerprint density at radius 1 is 1.44 bits per heavy atom. The molecule has 0 amide bonds. The lowest BCUT2D eigenvalue weighted by Gasteiger charge is -2.27. The zero-order valence-electron chi connectivity index (χ0n) is 11.7. The molecule has 0 bridgehead atoms. The van der Waals surface area contributed by atoms with Gasteiger partial charge in [-0.1, -0.05) is 19.9 Å². The van der Waals surface area contributed by atoms with E-state index in [0.717, 1.165) is 26.0 Å². The molecule has 0 spiro atoms. The van der Waals surface area contributed by atoms with Crippen molar-refractivity contribution in [1.82, 2.24) is 5.32 Å². The molecular formula is C14H26N2OS. The Hall–Kier alpha value is -0.420. The Bertz CT molecular complexity index is 301. The van der Waals surface area contributed by atoms with E-state index in [-0.39, 0.29) is 0 Å². The summed E-state index contributed by atoms with van der Waals surface area (Å²) in [5.41, 5.74) is 5.59. The molecule has 0 aliphatic carbocycles. The molecule has 1 aromatic rings. The van der Waals surface area contributed by atoms with Crippen molar-refractivity contribution in [2.75, 3.05) is 20.3 Å². The van der Waals surface area contributed by atoms with Crippen LogP contribution < -0.4 is 11.1 Å². The van der Waals surface area contributed by atoms with Crippen molar-refractivity contribution in [3.8, 4) is 0 Å². The van der Waals surface area contributed by atoms with Crippen molar-refractivity contribution in [3.05, 3.63) is 22.4 Å². The van der Waals surface area contributed by atoms with E-state index in [1.807, 2.05) is 11.3 Å². The number of nitrogens with one attached hydrogen (secondary N) is 1. The fourth-order valence-electron chi connectivity index (χ4n) is 2.11. The highest BCUT2D eigenvalue weighted by Crippen LogP contribution is 2.26. The van der Waals surface area contributed by atoms with Crippen molar-refractivity contribution in [3.63, 3.8) is 0 Å². The van der Waals surface area contributed by atoms with E-state index in [0.29, 0.717) is 18.0 Å². The van der Waals surface area contributed by atoms with Crippen LogP contribution in [-0.4, -0.2) is 26.3 Å². The number of methoxy groups -OCH3 is 1. The van der Waals surface area contributed by atoms with Crippen LogP contribution in [0.1, 0.15) is 37.6 Å². The zero-order valence-corrected chi connectivity index (χ0v) is 12.5. The number of thiophene rings is 1. The molecule has 18 heavy (non-hydrogen) atoms. The maximum atomic E-state index is 5.59. The van der Waals surface area contributed by atoms with Crippen molar-refractivity contribution in [1.29, 1.82) is 0 Å². The summed E-state index contributed by atoms with van der Waals surface area (Å²) in [6.07, 6.45) is 2.11. The molecule has 104 valence electrons. The number of hydrogen-bond donors (Lipinski definition) is 2.